The van der Waals surface area contributed by atoms with Crippen LogP contribution in [0.4, 0.5) is 0 Å². The molecule has 1 amide bonds. The molecule has 3 rings (SSSR count). The van der Waals surface area contributed by atoms with Gasteiger partial charge in [-0.25, -0.2) is 4.79 Å². The Hall–Kier alpha value is -3.15. The first kappa shape index (κ1) is 23.5. The first-order valence-corrected chi connectivity index (χ1v) is 11.3. The van der Waals surface area contributed by atoms with E-state index in [0.29, 0.717) is 55.7 Å². The lowest BCUT2D eigenvalue weighted by Gasteiger charge is -2.16. The highest BCUT2D eigenvalue weighted by Gasteiger charge is 2.14. The highest BCUT2D eigenvalue weighted by atomic mass is 16.2. The van der Waals surface area contributed by atoms with Crippen molar-refractivity contribution in [3.63, 3.8) is 0 Å². The SMILES string of the molecule is Cc1ccc(C)c(Cn2c(=O)n(CCCCC(=O)NCC(C)C)c(=O)c3ccccc32)c1. The van der Waals surface area contributed by atoms with Crippen LogP contribution in [0.5, 0.6) is 0 Å². The van der Waals surface area contributed by atoms with Gasteiger partial charge in [0.15, 0.2) is 0 Å². The minimum absolute atomic E-state index is 0.0110. The molecule has 6 heteroatoms. The number of rotatable bonds is 9. The summed E-state index contributed by atoms with van der Waals surface area (Å²) in [5, 5.41) is 3.43. The maximum atomic E-state index is 13.4. The zero-order valence-corrected chi connectivity index (χ0v) is 19.5. The van der Waals surface area contributed by atoms with Crippen molar-refractivity contribution in [1.82, 2.24) is 14.5 Å². The topological polar surface area (TPSA) is 73.1 Å². The maximum absolute atomic E-state index is 13.4. The monoisotopic (exact) mass is 435 g/mol. The molecule has 0 radical (unpaired) electrons. The molecule has 0 unspecified atom stereocenters. The Morgan fingerprint density at radius 3 is 2.50 bits per heavy atom. The summed E-state index contributed by atoms with van der Waals surface area (Å²) in [5.41, 5.74) is 3.37. The van der Waals surface area contributed by atoms with Crippen molar-refractivity contribution < 1.29 is 4.79 Å². The molecule has 0 aliphatic rings. The largest absolute Gasteiger partial charge is 0.356 e. The molecule has 0 bridgehead atoms. The molecule has 6 nitrogen and oxygen atoms in total. The van der Waals surface area contributed by atoms with Gasteiger partial charge in [-0.3, -0.25) is 18.7 Å². The second-order valence-corrected chi connectivity index (χ2v) is 8.93. The van der Waals surface area contributed by atoms with E-state index >= 15 is 0 Å². The zero-order chi connectivity index (χ0) is 23.3. The lowest BCUT2D eigenvalue weighted by atomic mass is 10.1. The number of unbranched alkanes of at least 4 members (excludes halogenated alkanes) is 1. The van der Waals surface area contributed by atoms with E-state index in [1.54, 1.807) is 10.6 Å². The first-order chi connectivity index (χ1) is 15.3. The first-order valence-electron chi connectivity index (χ1n) is 11.3. The fraction of sp³-hybridized carbons (Fsp3) is 0.423. The fourth-order valence-corrected chi connectivity index (χ4v) is 3.82. The summed E-state index contributed by atoms with van der Waals surface area (Å²) in [5.74, 6) is 0.419. The molecule has 0 saturated heterocycles. The van der Waals surface area contributed by atoms with Crippen LogP contribution < -0.4 is 16.6 Å². The Morgan fingerprint density at radius 1 is 1.00 bits per heavy atom. The predicted octanol–water partition coefficient (Wildman–Crippen LogP) is 3.77. The molecular formula is C26H33N3O3. The van der Waals surface area contributed by atoms with Crippen molar-refractivity contribution in [2.75, 3.05) is 6.54 Å². The van der Waals surface area contributed by atoms with E-state index in [9.17, 15) is 14.4 Å². The van der Waals surface area contributed by atoms with Gasteiger partial charge in [-0.1, -0.05) is 49.7 Å². The van der Waals surface area contributed by atoms with Crippen LogP contribution in [0.15, 0.2) is 52.1 Å². The molecule has 32 heavy (non-hydrogen) atoms. The van der Waals surface area contributed by atoms with Gasteiger partial charge in [-0.2, -0.15) is 0 Å². The molecule has 0 saturated carbocycles. The molecule has 3 aromatic rings. The number of fused-ring (bicyclic) bond motifs is 1. The minimum Gasteiger partial charge on any atom is -0.356 e. The van der Waals surface area contributed by atoms with Crippen LogP contribution in [0.1, 0.15) is 49.8 Å². The van der Waals surface area contributed by atoms with Crippen LogP contribution >= 0.6 is 0 Å². The number of hydrogen-bond acceptors (Lipinski definition) is 3. The van der Waals surface area contributed by atoms with Gasteiger partial charge in [0.05, 0.1) is 17.4 Å². The van der Waals surface area contributed by atoms with Crippen LogP contribution in [0.25, 0.3) is 10.9 Å². The van der Waals surface area contributed by atoms with E-state index in [4.69, 9.17) is 0 Å². The number of nitrogens with zero attached hydrogens (tertiary/aromatic N) is 2. The second kappa shape index (κ2) is 10.4. The van der Waals surface area contributed by atoms with Crippen molar-refractivity contribution in [3.05, 3.63) is 80.0 Å². The quantitative estimate of drug-likeness (QED) is 0.520. The zero-order valence-electron chi connectivity index (χ0n) is 19.5. The molecule has 0 atom stereocenters. The minimum atomic E-state index is -0.307. The van der Waals surface area contributed by atoms with Crippen LogP contribution in [0, 0.1) is 19.8 Å². The number of aromatic nitrogens is 2. The van der Waals surface area contributed by atoms with Crippen molar-refractivity contribution in [1.29, 1.82) is 0 Å². The van der Waals surface area contributed by atoms with Gasteiger partial charge in [0.1, 0.15) is 0 Å². The van der Waals surface area contributed by atoms with E-state index in [1.807, 2.05) is 32.0 Å². The molecule has 1 aromatic heterocycles. The normalized spacial score (nSPS) is 11.3. The van der Waals surface area contributed by atoms with E-state index < -0.39 is 0 Å². The van der Waals surface area contributed by atoms with Crippen LogP contribution in [-0.4, -0.2) is 21.6 Å². The molecule has 0 aliphatic carbocycles. The Labute approximate surface area is 188 Å². The predicted molar refractivity (Wildman–Crippen MR) is 129 cm³/mol. The molecule has 0 fully saturated rings. The summed E-state index contributed by atoms with van der Waals surface area (Å²) in [6.45, 7) is 9.53. The molecule has 1 heterocycles. The van der Waals surface area contributed by atoms with Crippen LogP contribution in [0.3, 0.4) is 0 Å². The molecule has 0 spiro atoms. The maximum Gasteiger partial charge on any atom is 0.331 e. The smallest absolute Gasteiger partial charge is 0.331 e. The lowest BCUT2D eigenvalue weighted by molar-refractivity contribution is -0.121. The Bertz CT molecular complexity index is 1220. The second-order valence-electron chi connectivity index (χ2n) is 8.93. The van der Waals surface area contributed by atoms with Gasteiger partial charge in [0.25, 0.3) is 5.56 Å². The van der Waals surface area contributed by atoms with Crippen LogP contribution in [-0.2, 0) is 17.9 Å². The Morgan fingerprint density at radius 2 is 1.75 bits per heavy atom. The lowest BCUT2D eigenvalue weighted by Crippen LogP contribution is -2.40. The van der Waals surface area contributed by atoms with Gasteiger partial charge >= 0.3 is 5.69 Å². The number of nitrogens with one attached hydrogen (secondary N) is 1. The van der Waals surface area contributed by atoms with Gasteiger partial charge in [0, 0.05) is 19.5 Å². The van der Waals surface area contributed by atoms with E-state index in [-0.39, 0.29) is 17.2 Å². The van der Waals surface area contributed by atoms with Crippen molar-refractivity contribution >= 4 is 16.8 Å². The molecular weight excluding hydrogens is 402 g/mol. The highest BCUT2D eigenvalue weighted by molar-refractivity contribution is 5.78. The average Bonchev–Trinajstić information content (AvgIpc) is 2.76. The molecule has 1 N–H and O–H groups in total. The third-order valence-electron chi connectivity index (χ3n) is 5.71. The number of carbonyl (C=O) groups excluding carboxylic acids is 1. The summed E-state index contributed by atoms with van der Waals surface area (Å²) in [4.78, 5) is 38.3. The molecule has 0 aliphatic heterocycles. The standard InChI is InChI=1S/C26H33N3O3/c1-18(2)16-27-24(30)11-7-8-14-28-25(31)22-9-5-6-10-23(22)29(26(28)32)17-21-15-19(3)12-13-20(21)4/h5-6,9-10,12-13,15,18H,7-8,11,14,16-17H2,1-4H3,(H,27,30). The Kier molecular flexibility index (Phi) is 7.67. The van der Waals surface area contributed by atoms with Gasteiger partial charge in [-0.05, 0) is 55.9 Å². The van der Waals surface area contributed by atoms with Crippen molar-refractivity contribution in [2.24, 2.45) is 5.92 Å². The van der Waals surface area contributed by atoms with Crippen molar-refractivity contribution in [3.8, 4) is 0 Å². The summed E-state index contributed by atoms with van der Waals surface area (Å²) in [7, 11) is 0. The summed E-state index contributed by atoms with van der Waals surface area (Å²) in [6, 6.07) is 13.5. The molecule has 170 valence electrons. The fourth-order valence-electron chi connectivity index (χ4n) is 3.82. The average molecular weight is 436 g/mol. The number of amides is 1. The number of hydrogen-bond donors (Lipinski definition) is 1. The molecule has 2 aromatic carbocycles. The van der Waals surface area contributed by atoms with Gasteiger partial charge < -0.3 is 5.32 Å². The number of aryl methyl sites for hydroxylation is 2. The third kappa shape index (κ3) is 5.55. The summed E-state index contributed by atoms with van der Waals surface area (Å²) in [6.07, 6.45) is 1.61. The summed E-state index contributed by atoms with van der Waals surface area (Å²) < 4.78 is 3.01. The van der Waals surface area contributed by atoms with Crippen LogP contribution in [0.2, 0.25) is 0 Å². The number of carbonyl (C=O) groups is 1. The number of benzene rings is 2. The van der Waals surface area contributed by atoms with E-state index in [1.165, 1.54) is 4.57 Å². The highest BCUT2D eigenvalue weighted by Crippen LogP contribution is 2.15. The summed E-state index contributed by atoms with van der Waals surface area (Å²) >= 11 is 0. The van der Waals surface area contributed by atoms with E-state index in [2.05, 4.69) is 37.4 Å². The number of para-hydroxylation sites is 1. The van der Waals surface area contributed by atoms with E-state index in [0.717, 1.165) is 16.7 Å². The third-order valence-corrected chi connectivity index (χ3v) is 5.71. The Balaban J connectivity index is 1.86. The van der Waals surface area contributed by atoms with Gasteiger partial charge in [-0.15, -0.1) is 0 Å². The van der Waals surface area contributed by atoms with Crippen molar-refractivity contribution in [2.45, 2.75) is 60.0 Å². The van der Waals surface area contributed by atoms with Gasteiger partial charge in [0.2, 0.25) is 5.91 Å².